The molecule has 1 saturated carbocycles. The van der Waals surface area contributed by atoms with Gasteiger partial charge < -0.3 is 10.2 Å². The van der Waals surface area contributed by atoms with Gasteiger partial charge in [0.05, 0.1) is 0 Å². The molecule has 1 heterocycles. The summed E-state index contributed by atoms with van der Waals surface area (Å²) in [7, 11) is 0. The van der Waals surface area contributed by atoms with Crippen molar-refractivity contribution in [3.8, 4) is 0 Å². The molecule has 0 spiro atoms. The molecule has 19 heavy (non-hydrogen) atoms. The van der Waals surface area contributed by atoms with Crippen LogP contribution in [0, 0.1) is 5.92 Å². The number of hydrogen-bond acceptors (Lipinski definition) is 2. The van der Waals surface area contributed by atoms with Gasteiger partial charge in [-0.15, -0.1) is 0 Å². The van der Waals surface area contributed by atoms with E-state index in [4.69, 9.17) is 0 Å². The SMILES string of the molecule is CCCC1CC1NCc1ccccc1N1CCCC1. The second kappa shape index (κ2) is 5.96. The zero-order valence-electron chi connectivity index (χ0n) is 12.1. The highest BCUT2D eigenvalue weighted by Gasteiger charge is 2.35. The summed E-state index contributed by atoms with van der Waals surface area (Å²) in [4.78, 5) is 2.55. The zero-order chi connectivity index (χ0) is 13.1. The molecule has 2 atom stereocenters. The van der Waals surface area contributed by atoms with Gasteiger partial charge in [-0.25, -0.2) is 0 Å². The van der Waals surface area contributed by atoms with E-state index in [2.05, 4.69) is 41.4 Å². The van der Waals surface area contributed by atoms with Crippen LogP contribution in [-0.4, -0.2) is 19.1 Å². The number of nitrogens with zero attached hydrogens (tertiary/aromatic N) is 1. The van der Waals surface area contributed by atoms with Crippen molar-refractivity contribution >= 4 is 5.69 Å². The van der Waals surface area contributed by atoms with E-state index in [9.17, 15) is 0 Å². The lowest BCUT2D eigenvalue weighted by Gasteiger charge is -2.21. The molecule has 1 N–H and O–H groups in total. The summed E-state index contributed by atoms with van der Waals surface area (Å²) in [5.41, 5.74) is 2.94. The molecule has 2 heteroatoms. The van der Waals surface area contributed by atoms with Crippen molar-refractivity contribution in [1.29, 1.82) is 0 Å². The molecule has 0 aromatic heterocycles. The Bertz CT molecular complexity index is 409. The van der Waals surface area contributed by atoms with Gasteiger partial charge in [-0.2, -0.15) is 0 Å². The molecular weight excluding hydrogens is 232 g/mol. The fourth-order valence-corrected chi connectivity index (χ4v) is 3.36. The molecule has 2 aliphatic rings. The smallest absolute Gasteiger partial charge is 0.0411 e. The lowest BCUT2D eigenvalue weighted by molar-refractivity contribution is 0.599. The van der Waals surface area contributed by atoms with Gasteiger partial charge in [-0.05, 0) is 43.2 Å². The van der Waals surface area contributed by atoms with Gasteiger partial charge in [-0.3, -0.25) is 0 Å². The van der Waals surface area contributed by atoms with Crippen LogP contribution in [0.5, 0.6) is 0 Å². The summed E-state index contributed by atoms with van der Waals surface area (Å²) in [5, 5.41) is 3.74. The summed E-state index contributed by atoms with van der Waals surface area (Å²) >= 11 is 0. The first-order chi connectivity index (χ1) is 9.38. The standard InChI is InChI=1S/C17H26N2/c1-2-7-14-12-16(14)18-13-15-8-3-4-9-17(15)19-10-5-6-11-19/h3-4,8-9,14,16,18H,2,5-7,10-13H2,1H3. The Hall–Kier alpha value is -1.02. The van der Waals surface area contributed by atoms with Gasteiger partial charge in [0.1, 0.15) is 0 Å². The molecule has 3 rings (SSSR count). The maximum Gasteiger partial charge on any atom is 0.0411 e. The third-order valence-corrected chi connectivity index (χ3v) is 4.58. The lowest BCUT2D eigenvalue weighted by atomic mass is 10.1. The Kier molecular flexibility index (Phi) is 4.07. The number of rotatable bonds is 6. The maximum atomic E-state index is 3.74. The summed E-state index contributed by atoms with van der Waals surface area (Å²) in [6, 6.07) is 9.71. The third kappa shape index (κ3) is 3.11. The Morgan fingerprint density at radius 3 is 2.79 bits per heavy atom. The van der Waals surface area contributed by atoms with Crippen LogP contribution in [0.25, 0.3) is 0 Å². The average Bonchev–Trinajstić information content (AvgIpc) is 2.96. The highest BCUT2D eigenvalue weighted by Crippen LogP contribution is 2.35. The van der Waals surface area contributed by atoms with Crippen LogP contribution in [-0.2, 0) is 6.54 Å². The van der Waals surface area contributed by atoms with Crippen molar-refractivity contribution in [2.45, 2.75) is 51.6 Å². The van der Waals surface area contributed by atoms with Gasteiger partial charge in [0.15, 0.2) is 0 Å². The topological polar surface area (TPSA) is 15.3 Å². The summed E-state index contributed by atoms with van der Waals surface area (Å²) in [6.07, 6.45) is 6.81. The molecule has 0 radical (unpaired) electrons. The van der Waals surface area contributed by atoms with E-state index in [1.165, 1.54) is 56.4 Å². The molecule has 1 saturated heterocycles. The number of hydrogen-bond donors (Lipinski definition) is 1. The number of benzene rings is 1. The van der Waals surface area contributed by atoms with E-state index < -0.39 is 0 Å². The number of anilines is 1. The second-order valence-corrected chi connectivity index (χ2v) is 6.09. The molecule has 104 valence electrons. The first-order valence-corrected chi connectivity index (χ1v) is 7.94. The summed E-state index contributed by atoms with van der Waals surface area (Å²) in [6.45, 7) is 5.80. The molecule has 2 unspecified atom stereocenters. The molecule has 1 aromatic carbocycles. The van der Waals surface area contributed by atoms with Crippen molar-refractivity contribution in [3.63, 3.8) is 0 Å². The van der Waals surface area contributed by atoms with Crippen molar-refractivity contribution in [1.82, 2.24) is 5.32 Å². The largest absolute Gasteiger partial charge is 0.371 e. The highest BCUT2D eigenvalue weighted by molar-refractivity contribution is 5.54. The monoisotopic (exact) mass is 258 g/mol. The van der Waals surface area contributed by atoms with E-state index in [1.807, 2.05) is 0 Å². The van der Waals surface area contributed by atoms with Gasteiger partial charge in [-0.1, -0.05) is 31.5 Å². The summed E-state index contributed by atoms with van der Waals surface area (Å²) < 4.78 is 0. The fourth-order valence-electron chi connectivity index (χ4n) is 3.36. The van der Waals surface area contributed by atoms with E-state index in [0.29, 0.717) is 0 Å². The van der Waals surface area contributed by atoms with Crippen molar-refractivity contribution in [2.24, 2.45) is 5.92 Å². The normalized spacial score (nSPS) is 25.8. The number of para-hydroxylation sites is 1. The van der Waals surface area contributed by atoms with E-state index in [1.54, 1.807) is 0 Å². The van der Waals surface area contributed by atoms with Crippen LogP contribution >= 0.6 is 0 Å². The highest BCUT2D eigenvalue weighted by atomic mass is 15.1. The van der Waals surface area contributed by atoms with Gasteiger partial charge in [0.2, 0.25) is 0 Å². The van der Waals surface area contributed by atoms with Crippen LogP contribution in [0.2, 0.25) is 0 Å². The van der Waals surface area contributed by atoms with Crippen LogP contribution in [0.3, 0.4) is 0 Å². The van der Waals surface area contributed by atoms with Gasteiger partial charge in [0.25, 0.3) is 0 Å². The Morgan fingerprint density at radius 1 is 1.21 bits per heavy atom. The molecule has 1 aromatic rings. The quantitative estimate of drug-likeness (QED) is 0.839. The van der Waals surface area contributed by atoms with Gasteiger partial charge in [0, 0.05) is 31.4 Å². The molecule has 0 bridgehead atoms. The van der Waals surface area contributed by atoms with Crippen molar-refractivity contribution in [2.75, 3.05) is 18.0 Å². The van der Waals surface area contributed by atoms with Crippen molar-refractivity contribution < 1.29 is 0 Å². The minimum atomic E-state index is 0.784. The van der Waals surface area contributed by atoms with Crippen LogP contribution in [0.1, 0.15) is 44.6 Å². The predicted molar refractivity (Wildman–Crippen MR) is 81.5 cm³/mol. The predicted octanol–water partition coefficient (Wildman–Crippen LogP) is 3.57. The fraction of sp³-hybridized carbons (Fsp3) is 0.647. The molecule has 1 aliphatic carbocycles. The molecule has 2 fully saturated rings. The minimum Gasteiger partial charge on any atom is -0.371 e. The zero-order valence-corrected chi connectivity index (χ0v) is 12.1. The van der Waals surface area contributed by atoms with Crippen LogP contribution in [0.4, 0.5) is 5.69 Å². The maximum absolute atomic E-state index is 3.74. The molecule has 0 amide bonds. The lowest BCUT2D eigenvalue weighted by Crippen LogP contribution is -2.23. The molecular formula is C17H26N2. The number of nitrogens with one attached hydrogen (secondary N) is 1. The Morgan fingerprint density at radius 2 is 2.00 bits per heavy atom. The second-order valence-electron chi connectivity index (χ2n) is 6.09. The van der Waals surface area contributed by atoms with E-state index in [0.717, 1.165) is 18.5 Å². The van der Waals surface area contributed by atoms with Crippen molar-refractivity contribution in [3.05, 3.63) is 29.8 Å². The summed E-state index contributed by atoms with van der Waals surface area (Å²) in [5.74, 6) is 0.948. The third-order valence-electron chi connectivity index (χ3n) is 4.58. The minimum absolute atomic E-state index is 0.784. The first-order valence-electron chi connectivity index (χ1n) is 7.94. The van der Waals surface area contributed by atoms with Crippen LogP contribution < -0.4 is 10.2 Å². The Balaban J connectivity index is 1.58. The Labute approximate surface area is 117 Å². The van der Waals surface area contributed by atoms with E-state index >= 15 is 0 Å². The first kappa shape index (κ1) is 13.0. The average molecular weight is 258 g/mol. The van der Waals surface area contributed by atoms with E-state index in [-0.39, 0.29) is 0 Å². The van der Waals surface area contributed by atoms with Crippen LogP contribution in [0.15, 0.2) is 24.3 Å². The molecule has 2 nitrogen and oxygen atoms in total. The molecule has 1 aliphatic heterocycles. The van der Waals surface area contributed by atoms with Gasteiger partial charge >= 0.3 is 0 Å².